The number of phenolic OH excluding ortho intramolecular Hbond substituents is 1. The zero-order valence-electron chi connectivity index (χ0n) is 18.3. The molecule has 0 amide bonds. The standard InChI is InChI=1S/C15H17ClN2.C8H9ClO.C2H6/c1-11-8-13(16)4-5-14(11)15(12-2-3-12)9-18-7-6-17-10-18;1-2-6-4-3-5-7(9)8(6)10;1-2/h4-8,10,12,15H,2-3,9H2,1H3;3-5,10H,2H2,1H3;1-2H3. The first-order valence-corrected chi connectivity index (χ1v) is 11.4. The Bertz CT molecular complexity index is 906. The number of hydrogen-bond acceptors (Lipinski definition) is 2. The van der Waals surface area contributed by atoms with Crippen LogP contribution in [0.3, 0.4) is 0 Å². The number of aryl methyl sites for hydroxylation is 2. The van der Waals surface area contributed by atoms with Crippen LogP contribution in [0.5, 0.6) is 5.75 Å². The van der Waals surface area contributed by atoms with Crippen molar-refractivity contribution in [2.75, 3.05) is 0 Å². The molecular formula is C25H32Cl2N2O. The average Bonchev–Trinajstić information content (AvgIpc) is 3.46. The van der Waals surface area contributed by atoms with Crippen LogP contribution in [0.1, 0.15) is 56.2 Å². The molecule has 0 radical (unpaired) electrons. The SMILES string of the molecule is CC.CCc1cccc(Cl)c1O.Cc1cc(Cl)ccc1C(Cn1ccnc1)C1CC1. The third-order valence-corrected chi connectivity index (χ3v) is 5.78. The summed E-state index contributed by atoms with van der Waals surface area (Å²) in [6.07, 6.45) is 9.30. The predicted molar refractivity (Wildman–Crippen MR) is 128 cm³/mol. The third-order valence-electron chi connectivity index (χ3n) is 5.24. The molecule has 1 aliphatic carbocycles. The molecule has 0 bridgehead atoms. The number of hydrogen-bond donors (Lipinski definition) is 1. The van der Waals surface area contributed by atoms with Crippen LogP contribution in [0.25, 0.3) is 0 Å². The third kappa shape index (κ3) is 6.78. The quantitative estimate of drug-likeness (QED) is 0.436. The number of nitrogens with zero attached hydrogens (tertiary/aromatic N) is 2. The van der Waals surface area contributed by atoms with Crippen LogP contribution in [-0.2, 0) is 13.0 Å². The van der Waals surface area contributed by atoms with Crippen molar-refractivity contribution >= 4 is 23.2 Å². The van der Waals surface area contributed by atoms with Crippen molar-refractivity contribution in [2.24, 2.45) is 5.92 Å². The summed E-state index contributed by atoms with van der Waals surface area (Å²) in [5, 5.41) is 10.5. The number of para-hydroxylation sites is 1. The summed E-state index contributed by atoms with van der Waals surface area (Å²) >= 11 is 11.7. The molecule has 162 valence electrons. The van der Waals surface area contributed by atoms with Gasteiger partial charge in [-0.15, -0.1) is 0 Å². The normalized spacial score (nSPS) is 13.5. The minimum absolute atomic E-state index is 0.215. The molecule has 0 aliphatic heterocycles. The summed E-state index contributed by atoms with van der Waals surface area (Å²) in [5.41, 5.74) is 3.64. The van der Waals surface area contributed by atoms with Crippen molar-refractivity contribution in [1.82, 2.24) is 9.55 Å². The van der Waals surface area contributed by atoms with E-state index in [9.17, 15) is 5.11 Å². The van der Waals surface area contributed by atoms with Crippen molar-refractivity contribution in [3.63, 3.8) is 0 Å². The summed E-state index contributed by atoms with van der Waals surface area (Å²) in [6.45, 7) is 9.16. The van der Waals surface area contributed by atoms with Gasteiger partial charge in [-0.3, -0.25) is 0 Å². The molecule has 3 nitrogen and oxygen atoms in total. The van der Waals surface area contributed by atoms with Crippen LogP contribution in [0.15, 0.2) is 55.1 Å². The summed E-state index contributed by atoms with van der Waals surface area (Å²) < 4.78 is 2.18. The molecule has 3 aromatic rings. The van der Waals surface area contributed by atoms with Gasteiger partial charge < -0.3 is 9.67 Å². The Morgan fingerprint density at radius 1 is 1.17 bits per heavy atom. The van der Waals surface area contributed by atoms with Gasteiger partial charge in [0.1, 0.15) is 5.75 Å². The zero-order chi connectivity index (χ0) is 22.1. The zero-order valence-corrected chi connectivity index (χ0v) is 19.8. The molecule has 30 heavy (non-hydrogen) atoms. The topological polar surface area (TPSA) is 38.0 Å². The van der Waals surface area contributed by atoms with Gasteiger partial charge in [-0.2, -0.15) is 0 Å². The molecule has 4 rings (SSSR count). The molecule has 5 heteroatoms. The second-order valence-corrected chi connectivity index (χ2v) is 8.15. The maximum atomic E-state index is 9.27. The van der Waals surface area contributed by atoms with Gasteiger partial charge in [0.25, 0.3) is 0 Å². The molecule has 1 N–H and O–H groups in total. The Balaban J connectivity index is 0.000000228. The van der Waals surface area contributed by atoms with Gasteiger partial charge in [-0.1, -0.05) is 62.2 Å². The van der Waals surface area contributed by atoms with Gasteiger partial charge in [0.2, 0.25) is 0 Å². The molecule has 1 aromatic heterocycles. The Morgan fingerprint density at radius 2 is 1.90 bits per heavy atom. The van der Waals surface area contributed by atoms with Crippen molar-refractivity contribution in [3.8, 4) is 5.75 Å². The second-order valence-electron chi connectivity index (χ2n) is 7.31. The van der Waals surface area contributed by atoms with E-state index in [1.807, 2.05) is 57.7 Å². The summed E-state index contributed by atoms with van der Waals surface area (Å²) in [6, 6.07) is 11.6. The van der Waals surface area contributed by atoms with E-state index in [-0.39, 0.29) is 5.75 Å². The number of imidazole rings is 1. The predicted octanol–water partition coefficient (Wildman–Crippen LogP) is 7.67. The second kappa shape index (κ2) is 12.0. The lowest BCUT2D eigenvalue weighted by Gasteiger charge is -2.19. The van der Waals surface area contributed by atoms with Crippen molar-refractivity contribution in [3.05, 3.63) is 81.9 Å². The Kier molecular flexibility index (Phi) is 9.74. The van der Waals surface area contributed by atoms with Gasteiger partial charge in [-0.05, 0) is 67.0 Å². The lowest BCUT2D eigenvalue weighted by atomic mass is 9.90. The maximum Gasteiger partial charge on any atom is 0.137 e. The molecule has 1 fully saturated rings. The highest BCUT2D eigenvalue weighted by molar-refractivity contribution is 6.32. The largest absolute Gasteiger partial charge is 0.506 e. The molecule has 1 aliphatic rings. The van der Waals surface area contributed by atoms with Crippen LogP contribution in [0, 0.1) is 12.8 Å². The van der Waals surface area contributed by atoms with Crippen LogP contribution in [0.2, 0.25) is 10.0 Å². The van der Waals surface area contributed by atoms with Crippen LogP contribution >= 0.6 is 23.2 Å². The Labute approximate surface area is 190 Å². The van der Waals surface area contributed by atoms with Gasteiger partial charge >= 0.3 is 0 Å². The summed E-state index contributed by atoms with van der Waals surface area (Å²) in [5.74, 6) is 1.63. The van der Waals surface area contributed by atoms with E-state index in [2.05, 4.69) is 28.6 Å². The van der Waals surface area contributed by atoms with E-state index in [0.29, 0.717) is 10.9 Å². The Morgan fingerprint density at radius 3 is 2.43 bits per heavy atom. The first-order chi connectivity index (χ1) is 14.5. The smallest absolute Gasteiger partial charge is 0.137 e. The van der Waals surface area contributed by atoms with Crippen LogP contribution < -0.4 is 0 Å². The summed E-state index contributed by atoms with van der Waals surface area (Å²) in [7, 11) is 0. The first kappa shape index (κ1) is 24.3. The van der Waals surface area contributed by atoms with E-state index >= 15 is 0 Å². The molecule has 2 aromatic carbocycles. The fourth-order valence-electron chi connectivity index (χ4n) is 3.52. The molecule has 1 heterocycles. The van der Waals surface area contributed by atoms with Gasteiger partial charge in [-0.25, -0.2) is 4.98 Å². The first-order valence-electron chi connectivity index (χ1n) is 10.7. The van der Waals surface area contributed by atoms with Crippen molar-refractivity contribution < 1.29 is 5.11 Å². The lowest BCUT2D eigenvalue weighted by molar-refractivity contribution is 0.469. The number of halogens is 2. The van der Waals surface area contributed by atoms with Crippen molar-refractivity contribution in [2.45, 2.75) is 59.4 Å². The van der Waals surface area contributed by atoms with Gasteiger partial charge in [0, 0.05) is 29.9 Å². The lowest BCUT2D eigenvalue weighted by Crippen LogP contribution is -2.11. The molecule has 1 atom stereocenters. The highest BCUT2D eigenvalue weighted by Gasteiger charge is 2.33. The molecule has 1 saturated carbocycles. The number of aromatic hydroxyl groups is 1. The van der Waals surface area contributed by atoms with Crippen LogP contribution in [-0.4, -0.2) is 14.7 Å². The van der Waals surface area contributed by atoms with E-state index in [1.54, 1.807) is 6.07 Å². The van der Waals surface area contributed by atoms with Gasteiger partial charge in [0.15, 0.2) is 0 Å². The van der Waals surface area contributed by atoms with E-state index in [1.165, 1.54) is 24.0 Å². The van der Waals surface area contributed by atoms with E-state index in [4.69, 9.17) is 23.2 Å². The fourth-order valence-corrected chi connectivity index (χ4v) is 3.94. The number of phenols is 1. The average molecular weight is 447 g/mol. The molecule has 0 spiro atoms. The maximum absolute atomic E-state index is 9.27. The fraction of sp³-hybridized carbons (Fsp3) is 0.400. The molecule has 0 saturated heterocycles. The molecular weight excluding hydrogens is 415 g/mol. The highest BCUT2D eigenvalue weighted by atomic mass is 35.5. The summed E-state index contributed by atoms with van der Waals surface area (Å²) in [4.78, 5) is 4.13. The monoisotopic (exact) mass is 446 g/mol. The number of aromatic nitrogens is 2. The van der Waals surface area contributed by atoms with E-state index in [0.717, 1.165) is 29.5 Å². The molecule has 1 unspecified atom stereocenters. The number of rotatable bonds is 5. The Hall–Kier alpha value is -1.97. The van der Waals surface area contributed by atoms with E-state index < -0.39 is 0 Å². The van der Waals surface area contributed by atoms with Crippen molar-refractivity contribution in [1.29, 1.82) is 0 Å². The number of benzene rings is 2. The van der Waals surface area contributed by atoms with Gasteiger partial charge in [0.05, 0.1) is 11.3 Å². The minimum Gasteiger partial charge on any atom is -0.506 e. The highest BCUT2D eigenvalue weighted by Crippen LogP contribution is 2.44. The van der Waals surface area contributed by atoms with Crippen LogP contribution in [0.4, 0.5) is 0 Å². The minimum atomic E-state index is 0.215.